The molecular formula is C15H23NO4. The third-order valence-corrected chi connectivity index (χ3v) is 3.86. The van der Waals surface area contributed by atoms with Gasteiger partial charge in [-0.25, -0.2) is 0 Å². The quantitative estimate of drug-likeness (QED) is 0.582. The van der Waals surface area contributed by atoms with Crippen LogP contribution in [-0.4, -0.2) is 37.4 Å². The molecule has 0 bridgehead atoms. The molecule has 0 N–H and O–H groups in total. The normalized spacial score (nSPS) is 27.4. The predicted molar refractivity (Wildman–Crippen MR) is 75.7 cm³/mol. The van der Waals surface area contributed by atoms with Crippen molar-refractivity contribution in [2.24, 2.45) is 22.2 Å². The van der Waals surface area contributed by atoms with Crippen molar-refractivity contribution >= 4 is 23.2 Å². The first-order valence-electron chi connectivity index (χ1n) is 6.90. The van der Waals surface area contributed by atoms with Crippen LogP contribution in [0.3, 0.4) is 0 Å². The molecule has 2 atom stereocenters. The minimum Gasteiger partial charge on any atom is -0.468 e. The van der Waals surface area contributed by atoms with E-state index in [9.17, 15) is 14.4 Å². The van der Waals surface area contributed by atoms with Crippen LogP contribution in [0.15, 0.2) is 4.99 Å². The number of ether oxygens (including phenoxy) is 1. The Balaban J connectivity index is 3.22. The number of hydrogen-bond acceptors (Lipinski definition) is 5. The first-order chi connectivity index (χ1) is 9.30. The van der Waals surface area contributed by atoms with Crippen LogP contribution in [-0.2, 0) is 19.1 Å². The molecule has 112 valence electrons. The topological polar surface area (TPSA) is 72.8 Å². The summed E-state index contributed by atoms with van der Waals surface area (Å²) >= 11 is 0. The number of carbonyl (C=O) groups is 3. The van der Waals surface area contributed by atoms with Gasteiger partial charge in [0, 0.05) is 19.2 Å². The molecule has 0 aromatic carbocycles. The number of Topliss-reactive ketones (excluding diaryl/α,β-unsaturated/α-hetero) is 2. The van der Waals surface area contributed by atoms with Gasteiger partial charge in [-0.2, -0.15) is 0 Å². The molecule has 20 heavy (non-hydrogen) atoms. The van der Waals surface area contributed by atoms with Crippen LogP contribution in [0.4, 0.5) is 0 Å². The highest BCUT2D eigenvalue weighted by atomic mass is 16.5. The lowest BCUT2D eigenvalue weighted by Gasteiger charge is -2.39. The largest absolute Gasteiger partial charge is 0.468 e. The number of rotatable bonds is 4. The Morgan fingerprint density at radius 3 is 2.45 bits per heavy atom. The van der Waals surface area contributed by atoms with Crippen molar-refractivity contribution in [1.82, 2.24) is 0 Å². The van der Waals surface area contributed by atoms with Crippen LogP contribution in [0, 0.1) is 17.3 Å². The van der Waals surface area contributed by atoms with Crippen LogP contribution in [0.5, 0.6) is 0 Å². The molecule has 0 aliphatic heterocycles. The second-order valence-electron chi connectivity index (χ2n) is 5.89. The van der Waals surface area contributed by atoms with Crippen LogP contribution in [0.25, 0.3) is 0 Å². The maximum atomic E-state index is 12.6. The molecule has 0 saturated heterocycles. The third-order valence-electron chi connectivity index (χ3n) is 3.86. The number of ketones is 2. The van der Waals surface area contributed by atoms with E-state index in [-0.39, 0.29) is 11.6 Å². The summed E-state index contributed by atoms with van der Waals surface area (Å²) in [4.78, 5) is 40.9. The van der Waals surface area contributed by atoms with Gasteiger partial charge < -0.3 is 4.74 Å². The van der Waals surface area contributed by atoms with Gasteiger partial charge in [0.15, 0.2) is 5.78 Å². The fraction of sp³-hybridized carbons (Fsp3) is 0.733. The fourth-order valence-electron chi connectivity index (χ4n) is 2.88. The lowest BCUT2D eigenvalue weighted by atomic mass is 9.62. The maximum absolute atomic E-state index is 12.6. The van der Waals surface area contributed by atoms with E-state index in [0.29, 0.717) is 25.0 Å². The first kappa shape index (κ1) is 16.5. The van der Waals surface area contributed by atoms with E-state index >= 15 is 0 Å². The Morgan fingerprint density at radius 1 is 1.40 bits per heavy atom. The molecule has 1 fully saturated rings. The zero-order chi connectivity index (χ0) is 15.5. The van der Waals surface area contributed by atoms with Crippen molar-refractivity contribution in [3.8, 4) is 0 Å². The summed E-state index contributed by atoms with van der Waals surface area (Å²) in [7, 11) is 2.85. The molecule has 0 radical (unpaired) electrons. The van der Waals surface area contributed by atoms with E-state index in [4.69, 9.17) is 4.74 Å². The molecule has 0 heterocycles. The molecule has 0 aromatic rings. The van der Waals surface area contributed by atoms with Crippen LogP contribution >= 0.6 is 0 Å². The predicted octanol–water partition coefficient (Wildman–Crippen LogP) is 1.83. The van der Waals surface area contributed by atoms with E-state index < -0.39 is 23.2 Å². The van der Waals surface area contributed by atoms with Crippen LogP contribution < -0.4 is 0 Å². The second-order valence-corrected chi connectivity index (χ2v) is 5.89. The average molecular weight is 281 g/mol. The molecule has 5 heteroatoms. The summed E-state index contributed by atoms with van der Waals surface area (Å²) in [5.41, 5.74) is 0.000705. The summed E-state index contributed by atoms with van der Waals surface area (Å²) in [5.74, 6) is -2.86. The Morgan fingerprint density at radius 2 is 2.00 bits per heavy atom. The van der Waals surface area contributed by atoms with Crippen LogP contribution in [0.1, 0.15) is 40.0 Å². The number of hydrogen-bond donors (Lipinski definition) is 0. The van der Waals surface area contributed by atoms with E-state index in [0.717, 1.165) is 0 Å². The SMILES string of the molecule is CCCC(=O)[C@H]1C(=O)[C@@H](C(=O)OC)C(C)(C)CC1=NC. The Hall–Kier alpha value is -1.52. The molecule has 5 nitrogen and oxygen atoms in total. The first-order valence-corrected chi connectivity index (χ1v) is 6.90. The van der Waals surface area contributed by atoms with Crippen LogP contribution in [0.2, 0.25) is 0 Å². The molecular weight excluding hydrogens is 258 g/mol. The summed E-state index contributed by atoms with van der Waals surface area (Å²) in [6.45, 7) is 5.55. The van der Waals surface area contributed by atoms with Gasteiger partial charge >= 0.3 is 5.97 Å². The summed E-state index contributed by atoms with van der Waals surface area (Å²) < 4.78 is 4.74. The molecule has 0 aromatic heterocycles. The standard InChI is InChI=1S/C15H23NO4/c1-6-7-10(17)11-9(16-4)8-15(2,3)12(13(11)18)14(19)20-5/h11-12H,6-8H2,1-5H3/t11-,12-/m0/s1. The Bertz CT molecular complexity index is 451. The molecule has 0 spiro atoms. The van der Waals surface area contributed by atoms with Gasteiger partial charge in [-0.1, -0.05) is 20.8 Å². The number of esters is 1. The molecule has 1 rings (SSSR count). The second kappa shape index (κ2) is 6.29. The van der Waals surface area contributed by atoms with E-state index in [1.165, 1.54) is 7.11 Å². The molecule has 1 saturated carbocycles. The molecule has 0 amide bonds. The number of aliphatic imine (C=N–C) groups is 1. The van der Waals surface area contributed by atoms with Crippen molar-refractivity contribution in [2.45, 2.75) is 40.0 Å². The van der Waals surface area contributed by atoms with Gasteiger partial charge in [0.1, 0.15) is 17.6 Å². The van der Waals surface area contributed by atoms with Gasteiger partial charge in [0.25, 0.3) is 0 Å². The number of methoxy groups -OCH3 is 1. The molecule has 1 aliphatic rings. The van der Waals surface area contributed by atoms with E-state index in [1.807, 2.05) is 20.8 Å². The van der Waals surface area contributed by atoms with Gasteiger partial charge in [-0.3, -0.25) is 19.4 Å². The van der Waals surface area contributed by atoms with Gasteiger partial charge in [0.2, 0.25) is 0 Å². The highest BCUT2D eigenvalue weighted by Crippen LogP contribution is 2.41. The average Bonchev–Trinajstić information content (AvgIpc) is 2.36. The van der Waals surface area contributed by atoms with Crippen molar-refractivity contribution in [2.75, 3.05) is 14.2 Å². The van der Waals surface area contributed by atoms with E-state index in [1.54, 1.807) is 7.05 Å². The molecule has 1 aliphatic carbocycles. The molecule has 0 unspecified atom stereocenters. The highest BCUT2D eigenvalue weighted by Gasteiger charge is 2.52. The number of nitrogens with zero attached hydrogens (tertiary/aromatic N) is 1. The minimum absolute atomic E-state index is 0.150. The van der Waals surface area contributed by atoms with Gasteiger partial charge in [0.05, 0.1) is 7.11 Å². The van der Waals surface area contributed by atoms with Gasteiger partial charge in [-0.05, 0) is 18.3 Å². The zero-order valence-corrected chi connectivity index (χ0v) is 12.9. The lowest BCUT2D eigenvalue weighted by molar-refractivity contribution is -0.156. The van der Waals surface area contributed by atoms with Crippen molar-refractivity contribution in [3.63, 3.8) is 0 Å². The number of carbonyl (C=O) groups excluding carboxylic acids is 3. The minimum atomic E-state index is -0.899. The fourth-order valence-corrected chi connectivity index (χ4v) is 2.88. The van der Waals surface area contributed by atoms with E-state index in [2.05, 4.69) is 4.99 Å². The summed E-state index contributed by atoms with van der Waals surface area (Å²) in [6, 6.07) is 0. The third kappa shape index (κ3) is 2.97. The summed E-state index contributed by atoms with van der Waals surface area (Å²) in [6.07, 6.45) is 1.45. The summed E-state index contributed by atoms with van der Waals surface area (Å²) in [5, 5.41) is 0. The van der Waals surface area contributed by atoms with Crippen molar-refractivity contribution in [1.29, 1.82) is 0 Å². The maximum Gasteiger partial charge on any atom is 0.316 e. The van der Waals surface area contributed by atoms with Gasteiger partial charge in [-0.15, -0.1) is 0 Å². The lowest BCUT2D eigenvalue weighted by Crippen LogP contribution is -2.52. The van der Waals surface area contributed by atoms with Crippen molar-refractivity contribution in [3.05, 3.63) is 0 Å². The smallest absolute Gasteiger partial charge is 0.316 e. The van der Waals surface area contributed by atoms with Crippen molar-refractivity contribution < 1.29 is 19.1 Å². The Labute approximate surface area is 119 Å². The Kier molecular flexibility index (Phi) is 5.20. The zero-order valence-electron chi connectivity index (χ0n) is 12.9. The monoisotopic (exact) mass is 281 g/mol. The highest BCUT2D eigenvalue weighted by molar-refractivity contribution is 6.26.